The molecule has 5 nitrogen and oxygen atoms in total. The lowest BCUT2D eigenvalue weighted by Gasteiger charge is -1.89. The predicted octanol–water partition coefficient (Wildman–Crippen LogP) is 0.0749. The predicted molar refractivity (Wildman–Crippen MR) is 43.2 cm³/mol. The summed E-state index contributed by atoms with van der Waals surface area (Å²) < 4.78 is 0. The number of nitrogens with one attached hydrogen (secondary N) is 2. The third kappa shape index (κ3) is 2.09. The second-order valence-electron chi connectivity index (χ2n) is 2.07. The van der Waals surface area contributed by atoms with E-state index in [9.17, 15) is 4.79 Å². The summed E-state index contributed by atoms with van der Waals surface area (Å²) in [6, 6.07) is 0. The molecule has 12 heavy (non-hydrogen) atoms. The number of hydrogen-bond acceptors (Lipinski definition) is 3. The van der Waals surface area contributed by atoms with Crippen molar-refractivity contribution in [2.24, 2.45) is 0 Å². The third-order valence-electron chi connectivity index (χ3n) is 1.06. The van der Waals surface area contributed by atoms with Crippen LogP contribution < -0.4 is 5.32 Å². The van der Waals surface area contributed by atoms with E-state index in [2.05, 4.69) is 32.3 Å². The first-order valence-electron chi connectivity index (χ1n) is 3.35. The van der Waals surface area contributed by atoms with E-state index in [1.54, 1.807) is 13.8 Å². The van der Waals surface area contributed by atoms with E-state index >= 15 is 0 Å². The fourth-order valence-corrected chi connectivity index (χ4v) is 0.645. The molecule has 0 aromatic carbocycles. The van der Waals surface area contributed by atoms with E-state index in [-0.39, 0.29) is 5.95 Å². The topological polar surface area (TPSA) is 70.7 Å². The summed E-state index contributed by atoms with van der Waals surface area (Å²) >= 11 is 0. The first-order valence-corrected chi connectivity index (χ1v) is 3.35. The average molecular weight is 164 g/mol. The van der Waals surface area contributed by atoms with Crippen molar-refractivity contribution in [1.82, 2.24) is 15.2 Å². The van der Waals surface area contributed by atoms with Crippen LogP contribution in [0.3, 0.4) is 0 Å². The van der Waals surface area contributed by atoms with Gasteiger partial charge in [-0.2, -0.15) is 4.98 Å². The average Bonchev–Trinajstić information content (AvgIpc) is 2.36. The zero-order valence-corrected chi connectivity index (χ0v) is 6.80. The highest BCUT2D eigenvalue weighted by Crippen LogP contribution is 1.95. The lowest BCUT2D eigenvalue weighted by molar-refractivity contribution is -0.111. The molecule has 0 atom stereocenters. The summed E-state index contributed by atoms with van der Waals surface area (Å²) in [4.78, 5) is 14.7. The van der Waals surface area contributed by atoms with Gasteiger partial charge in [0, 0.05) is 0 Å². The van der Waals surface area contributed by atoms with E-state index < -0.39 is 5.91 Å². The molecule has 62 valence electrons. The lowest BCUT2D eigenvalue weighted by atomic mass is 10.5. The molecule has 2 N–H and O–H groups in total. The van der Waals surface area contributed by atoms with E-state index in [4.69, 9.17) is 0 Å². The number of carbonyl (C=O) groups is 1. The summed E-state index contributed by atoms with van der Waals surface area (Å²) in [5.74, 6) is 5.27. The number of aromatic amines is 1. The van der Waals surface area contributed by atoms with Gasteiger partial charge in [-0.15, -0.1) is 5.10 Å². The number of rotatable bonds is 1. The van der Waals surface area contributed by atoms with Gasteiger partial charge < -0.3 is 0 Å². The number of hydrogen-bond donors (Lipinski definition) is 2. The molecule has 1 heterocycles. The minimum atomic E-state index is -0.406. The Balaban J connectivity index is 2.62. The molecule has 0 radical (unpaired) electrons. The lowest BCUT2D eigenvalue weighted by Crippen LogP contribution is -2.09. The molecular formula is C7H8N4O. The van der Waals surface area contributed by atoms with Crippen LogP contribution in [0.2, 0.25) is 0 Å². The Hall–Kier alpha value is -1.83. The quantitative estimate of drug-likeness (QED) is 0.577. The molecule has 1 aromatic rings. The molecular weight excluding hydrogens is 156 g/mol. The van der Waals surface area contributed by atoms with Gasteiger partial charge in [-0.1, -0.05) is 5.92 Å². The number of aromatic nitrogens is 3. The van der Waals surface area contributed by atoms with Crippen LogP contribution in [0.25, 0.3) is 0 Å². The summed E-state index contributed by atoms with van der Waals surface area (Å²) in [6.07, 6.45) is 0. The van der Waals surface area contributed by atoms with Gasteiger partial charge >= 0.3 is 5.91 Å². The van der Waals surface area contributed by atoms with Crippen molar-refractivity contribution in [1.29, 1.82) is 0 Å². The number of nitrogens with zero attached hydrogens (tertiary/aromatic N) is 2. The largest absolute Gasteiger partial charge is 0.302 e. The zero-order valence-electron chi connectivity index (χ0n) is 6.80. The summed E-state index contributed by atoms with van der Waals surface area (Å²) in [6.45, 7) is 3.33. The second-order valence-corrected chi connectivity index (χ2v) is 2.07. The van der Waals surface area contributed by atoms with Crippen molar-refractivity contribution in [3.8, 4) is 11.8 Å². The molecule has 0 fully saturated rings. The summed E-state index contributed by atoms with van der Waals surface area (Å²) in [5, 5.41) is 8.69. The molecule has 0 aliphatic carbocycles. The molecule has 0 saturated heterocycles. The van der Waals surface area contributed by atoms with Crippen LogP contribution in [0.4, 0.5) is 5.95 Å². The van der Waals surface area contributed by atoms with Crippen LogP contribution >= 0.6 is 0 Å². The second kappa shape index (κ2) is 3.53. The highest BCUT2D eigenvalue weighted by molar-refractivity contribution is 6.02. The van der Waals surface area contributed by atoms with Crippen molar-refractivity contribution in [3.63, 3.8) is 0 Å². The minimum absolute atomic E-state index is 0.250. The van der Waals surface area contributed by atoms with Crippen LogP contribution in [0, 0.1) is 18.8 Å². The molecule has 0 bridgehead atoms. The number of anilines is 1. The van der Waals surface area contributed by atoms with Crippen molar-refractivity contribution in [3.05, 3.63) is 5.82 Å². The van der Waals surface area contributed by atoms with Crippen LogP contribution in [0.5, 0.6) is 0 Å². The Morgan fingerprint density at radius 1 is 1.67 bits per heavy atom. The van der Waals surface area contributed by atoms with Crippen molar-refractivity contribution in [2.75, 3.05) is 5.32 Å². The molecule has 5 heteroatoms. The highest BCUT2D eigenvalue weighted by Gasteiger charge is 2.01. The first kappa shape index (κ1) is 8.27. The van der Waals surface area contributed by atoms with E-state index in [1.165, 1.54) is 0 Å². The van der Waals surface area contributed by atoms with Gasteiger partial charge in [-0.25, -0.2) is 0 Å². The van der Waals surface area contributed by atoms with E-state index in [0.717, 1.165) is 0 Å². The Morgan fingerprint density at radius 2 is 2.42 bits per heavy atom. The fraction of sp³-hybridized carbons (Fsp3) is 0.286. The monoisotopic (exact) mass is 164 g/mol. The molecule has 0 unspecified atom stereocenters. The number of H-pyrrole nitrogens is 1. The minimum Gasteiger partial charge on any atom is -0.282 e. The van der Waals surface area contributed by atoms with E-state index in [1.807, 2.05) is 0 Å². The number of carbonyl (C=O) groups excluding carboxylic acids is 1. The number of amides is 1. The van der Waals surface area contributed by atoms with Gasteiger partial charge in [0.25, 0.3) is 0 Å². The zero-order chi connectivity index (χ0) is 8.97. The van der Waals surface area contributed by atoms with Crippen molar-refractivity contribution >= 4 is 11.9 Å². The molecule has 1 aromatic heterocycles. The van der Waals surface area contributed by atoms with Crippen LogP contribution in [0.1, 0.15) is 12.7 Å². The summed E-state index contributed by atoms with van der Waals surface area (Å²) in [7, 11) is 0. The van der Waals surface area contributed by atoms with Gasteiger partial charge in [0.05, 0.1) is 0 Å². The Bertz CT molecular complexity index is 344. The van der Waals surface area contributed by atoms with Crippen LogP contribution in [0.15, 0.2) is 0 Å². The molecule has 1 amide bonds. The smallest absolute Gasteiger partial charge is 0.282 e. The normalized spacial score (nSPS) is 8.50. The van der Waals surface area contributed by atoms with Crippen LogP contribution in [-0.2, 0) is 4.79 Å². The molecule has 0 aliphatic rings. The molecule has 0 aliphatic heterocycles. The molecule has 0 saturated carbocycles. The SMILES string of the molecule is CC#CC(=O)Nc1n[nH]c(C)n1. The molecule has 1 rings (SSSR count). The fourth-order valence-electron chi connectivity index (χ4n) is 0.645. The standard InChI is InChI=1S/C7H8N4O/c1-3-4-6(12)9-7-8-5(2)10-11-7/h1-2H3,(H2,8,9,10,11,12). The summed E-state index contributed by atoms with van der Waals surface area (Å²) in [5.41, 5.74) is 0. The highest BCUT2D eigenvalue weighted by atomic mass is 16.1. The van der Waals surface area contributed by atoms with Crippen molar-refractivity contribution < 1.29 is 4.79 Å². The van der Waals surface area contributed by atoms with Gasteiger partial charge in [-0.3, -0.25) is 15.2 Å². The van der Waals surface area contributed by atoms with Gasteiger partial charge in [0.1, 0.15) is 5.82 Å². The Kier molecular flexibility index (Phi) is 2.43. The van der Waals surface area contributed by atoms with Gasteiger partial charge in [0.2, 0.25) is 5.95 Å². The maximum Gasteiger partial charge on any atom is 0.302 e. The Morgan fingerprint density at radius 3 is 2.92 bits per heavy atom. The van der Waals surface area contributed by atoms with E-state index in [0.29, 0.717) is 5.82 Å². The van der Waals surface area contributed by atoms with Gasteiger partial charge in [-0.05, 0) is 19.8 Å². The first-order chi connectivity index (χ1) is 5.72. The third-order valence-corrected chi connectivity index (χ3v) is 1.06. The maximum atomic E-state index is 10.8. The number of aryl methyl sites for hydroxylation is 1. The Labute approximate surface area is 69.6 Å². The van der Waals surface area contributed by atoms with Crippen LogP contribution in [-0.4, -0.2) is 21.1 Å². The molecule has 0 spiro atoms. The van der Waals surface area contributed by atoms with Gasteiger partial charge in [0.15, 0.2) is 0 Å². The maximum absolute atomic E-state index is 10.8. The van der Waals surface area contributed by atoms with Crippen molar-refractivity contribution in [2.45, 2.75) is 13.8 Å².